The zero-order chi connectivity index (χ0) is 15.4. The first-order valence-electron chi connectivity index (χ1n) is 7.36. The number of carboxylic acids is 1. The van der Waals surface area contributed by atoms with Crippen LogP contribution in [0.1, 0.15) is 59.8 Å². The van der Waals surface area contributed by atoms with Gasteiger partial charge in [-0.25, -0.2) is 4.79 Å². The third-order valence-corrected chi connectivity index (χ3v) is 3.85. The second kappa shape index (κ2) is 6.46. The van der Waals surface area contributed by atoms with Gasteiger partial charge in [-0.05, 0) is 30.1 Å². The van der Waals surface area contributed by atoms with Crippen LogP contribution in [0.4, 0.5) is 4.79 Å². The molecular weight excluding hydrogens is 256 g/mol. The lowest BCUT2D eigenvalue weighted by molar-refractivity contribution is -0.137. The molecule has 2 amide bonds. The molecule has 0 aromatic rings. The average Bonchev–Trinajstić information content (AvgIpc) is 2.20. The molecule has 1 saturated carbocycles. The van der Waals surface area contributed by atoms with Gasteiger partial charge in [-0.3, -0.25) is 4.79 Å². The maximum atomic E-state index is 11.9. The van der Waals surface area contributed by atoms with Gasteiger partial charge in [-0.15, -0.1) is 0 Å². The molecule has 0 aromatic carbocycles. The molecule has 1 fully saturated rings. The normalized spacial score (nSPS) is 18.8. The third-order valence-electron chi connectivity index (χ3n) is 3.85. The highest BCUT2D eigenvalue weighted by atomic mass is 16.4. The molecule has 0 aromatic heterocycles. The van der Waals surface area contributed by atoms with Crippen molar-refractivity contribution in [3.05, 3.63) is 0 Å². The maximum Gasteiger partial charge on any atom is 0.315 e. The molecule has 0 saturated heterocycles. The fourth-order valence-electron chi connectivity index (χ4n) is 2.61. The molecule has 0 spiro atoms. The molecule has 0 radical (unpaired) electrons. The van der Waals surface area contributed by atoms with E-state index in [4.69, 9.17) is 5.11 Å². The summed E-state index contributed by atoms with van der Waals surface area (Å²) in [7, 11) is 0. The van der Waals surface area contributed by atoms with Crippen molar-refractivity contribution < 1.29 is 14.7 Å². The first-order chi connectivity index (χ1) is 9.10. The number of carbonyl (C=O) groups excluding carboxylic acids is 1. The van der Waals surface area contributed by atoms with Crippen molar-refractivity contribution in [3.8, 4) is 0 Å². The third kappa shape index (κ3) is 6.26. The summed E-state index contributed by atoms with van der Waals surface area (Å²) in [5.41, 5.74) is 0.205. The number of hydrogen-bond acceptors (Lipinski definition) is 2. The highest BCUT2D eigenvalue weighted by Crippen LogP contribution is 2.39. The van der Waals surface area contributed by atoms with Crippen LogP contribution in [0.15, 0.2) is 0 Å². The van der Waals surface area contributed by atoms with Gasteiger partial charge in [0.05, 0.1) is 6.42 Å². The molecule has 116 valence electrons. The summed E-state index contributed by atoms with van der Waals surface area (Å²) in [6.45, 7) is 8.94. The Balaban J connectivity index is 2.42. The lowest BCUT2D eigenvalue weighted by Gasteiger charge is -2.38. The van der Waals surface area contributed by atoms with E-state index in [2.05, 4.69) is 17.6 Å². The standard InChI is InChI=1S/C15H28N2O3/c1-14(2,3)9-11(8-12(18)19)17-13(20)16-10-15(4)6-5-7-15/h11H,5-10H2,1-4H3,(H,18,19)(H2,16,17,20). The van der Waals surface area contributed by atoms with E-state index in [0.29, 0.717) is 13.0 Å². The van der Waals surface area contributed by atoms with Gasteiger partial charge in [0.15, 0.2) is 0 Å². The van der Waals surface area contributed by atoms with Crippen molar-refractivity contribution in [2.75, 3.05) is 6.54 Å². The van der Waals surface area contributed by atoms with Crippen molar-refractivity contribution in [2.45, 2.75) is 65.8 Å². The van der Waals surface area contributed by atoms with Crippen LogP contribution in [0, 0.1) is 10.8 Å². The van der Waals surface area contributed by atoms with Crippen LogP contribution < -0.4 is 10.6 Å². The molecule has 3 N–H and O–H groups in total. The highest BCUT2D eigenvalue weighted by Gasteiger charge is 2.32. The Bertz CT molecular complexity index is 357. The topological polar surface area (TPSA) is 78.4 Å². The van der Waals surface area contributed by atoms with Crippen LogP contribution in [0.2, 0.25) is 0 Å². The van der Waals surface area contributed by atoms with Gasteiger partial charge in [0.25, 0.3) is 0 Å². The van der Waals surface area contributed by atoms with Crippen molar-refractivity contribution in [1.82, 2.24) is 10.6 Å². The van der Waals surface area contributed by atoms with Gasteiger partial charge in [-0.1, -0.05) is 34.1 Å². The minimum Gasteiger partial charge on any atom is -0.481 e. The number of urea groups is 1. The number of aliphatic carboxylic acids is 1. The molecule has 1 aliphatic rings. The van der Waals surface area contributed by atoms with Crippen molar-refractivity contribution in [3.63, 3.8) is 0 Å². The van der Waals surface area contributed by atoms with Gasteiger partial charge in [-0.2, -0.15) is 0 Å². The molecule has 0 aliphatic heterocycles. The van der Waals surface area contributed by atoms with Gasteiger partial charge < -0.3 is 15.7 Å². The summed E-state index contributed by atoms with van der Waals surface area (Å²) < 4.78 is 0. The SMILES string of the molecule is CC(C)(C)CC(CC(=O)O)NC(=O)NCC1(C)CCC1. The number of carbonyl (C=O) groups is 2. The summed E-state index contributed by atoms with van der Waals surface area (Å²) >= 11 is 0. The fraction of sp³-hybridized carbons (Fsp3) is 0.867. The number of nitrogens with one attached hydrogen (secondary N) is 2. The van der Waals surface area contributed by atoms with Crippen LogP contribution in [0.25, 0.3) is 0 Å². The number of rotatable bonds is 6. The first-order valence-corrected chi connectivity index (χ1v) is 7.36. The Morgan fingerprint density at radius 2 is 1.90 bits per heavy atom. The summed E-state index contributed by atoms with van der Waals surface area (Å²) in [6.07, 6.45) is 4.12. The van der Waals surface area contributed by atoms with Gasteiger partial charge >= 0.3 is 12.0 Å². The molecule has 1 rings (SSSR count). The first kappa shape index (κ1) is 16.8. The zero-order valence-corrected chi connectivity index (χ0v) is 13.1. The monoisotopic (exact) mass is 284 g/mol. The number of hydrogen-bond donors (Lipinski definition) is 3. The van der Waals surface area contributed by atoms with E-state index in [9.17, 15) is 9.59 Å². The van der Waals surface area contributed by atoms with Crippen LogP contribution in [0.5, 0.6) is 0 Å². The minimum absolute atomic E-state index is 0.0205. The zero-order valence-electron chi connectivity index (χ0n) is 13.1. The van der Waals surface area contributed by atoms with Gasteiger partial charge in [0, 0.05) is 12.6 Å². The Morgan fingerprint density at radius 3 is 2.30 bits per heavy atom. The summed E-state index contributed by atoms with van der Waals surface area (Å²) in [5.74, 6) is -0.884. The van der Waals surface area contributed by atoms with Crippen LogP contribution in [-0.4, -0.2) is 29.7 Å². The van der Waals surface area contributed by atoms with Crippen molar-refractivity contribution in [1.29, 1.82) is 0 Å². The smallest absolute Gasteiger partial charge is 0.315 e. The van der Waals surface area contributed by atoms with E-state index in [1.807, 2.05) is 20.8 Å². The Kier molecular flexibility index (Phi) is 5.42. The summed E-state index contributed by atoms with van der Waals surface area (Å²) in [6, 6.07) is -0.588. The van der Waals surface area contributed by atoms with E-state index in [-0.39, 0.29) is 29.3 Å². The molecule has 5 heteroatoms. The molecule has 5 nitrogen and oxygen atoms in total. The predicted molar refractivity (Wildman–Crippen MR) is 78.6 cm³/mol. The second-order valence-corrected chi connectivity index (χ2v) is 7.55. The van der Waals surface area contributed by atoms with Crippen LogP contribution in [0.3, 0.4) is 0 Å². The van der Waals surface area contributed by atoms with Crippen LogP contribution >= 0.6 is 0 Å². The lowest BCUT2D eigenvalue weighted by Crippen LogP contribution is -2.48. The van der Waals surface area contributed by atoms with Crippen LogP contribution in [-0.2, 0) is 4.79 Å². The van der Waals surface area contributed by atoms with E-state index < -0.39 is 5.97 Å². The Labute approximate surface area is 121 Å². The number of amides is 2. The maximum absolute atomic E-state index is 11.9. The quantitative estimate of drug-likeness (QED) is 0.701. The predicted octanol–water partition coefficient (Wildman–Crippen LogP) is 2.76. The van der Waals surface area contributed by atoms with Gasteiger partial charge in [0.1, 0.15) is 0 Å². The molecule has 1 atom stereocenters. The van der Waals surface area contributed by atoms with E-state index in [1.165, 1.54) is 6.42 Å². The molecular formula is C15H28N2O3. The fourth-order valence-corrected chi connectivity index (χ4v) is 2.61. The lowest BCUT2D eigenvalue weighted by atomic mass is 9.70. The average molecular weight is 284 g/mol. The highest BCUT2D eigenvalue weighted by molar-refractivity contribution is 5.75. The molecule has 1 unspecified atom stereocenters. The molecule has 1 aliphatic carbocycles. The van der Waals surface area contributed by atoms with Crippen molar-refractivity contribution in [2.24, 2.45) is 10.8 Å². The van der Waals surface area contributed by atoms with Crippen molar-refractivity contribution >= 4 is 12.0 Å². The Hall–Kier alpha value is -1.26. The molecule has 20 heavy (non-hydrogen) atoms. The number of carboxylic acid groups (broad SMARTS) is 1. The largest absolute Gasteiger partial charge is 0.481 e. The van der Waals surface area contributed by atoms with E-state index in [0.717, 1.165) is 12.8 Å². The molecule has 0 heterocycles. The Morgan fingerprint density at radius 1 is 1.30 bits per heavy atom. The van der Waals surface area contributed by atoms with E-state index in [1.54, 1.807) is 0 Å². The second-order valence-electron chi connectivity index (χ2n) is 7.55. The van der Waals surface area contributed by atoms with Gasteiger partial charge in [0.2, 0.25) is 0 Å². The summed E-state index contributed by atoms with van der Waals surface area (Å²) in [4.78, 5) is 22.8. The molecule has 0 bridgehead atoms. The van der Waals surface area contributed by atoms with E-state index >= 15 is 0 Å². The minimum atomic E-state index is -0.884. The summed E-state index contributed by atoms with van der Waals surface area (Å²) in [5, 5.41) is 14.6.